The zero-order valence-electron chi connectivity index (χ0n) is 7.85. The standard InChI is InChI=1S/C4H5N.C2H3N3.CH2N4/c1-2-4-5-3-1;1-3-2-5-4-1;1-2-4-5-3-1/h1,3-4H,2H2;1-2H,(H,3,4,5);1H,(H,2,3,4,5). The van der Waals surface area contributed by atoms with Crippen molar-refractivity contribution in [3.05, 3.63) is 31.3 Å². The summed E-state index contributed by atoms with van der Waals surface area (Å²) in [5.74, 6) is 0. The fraction of sp³-hybridized carbons (Fsp3) is 0.143. The highest BCUT2D eigenvalue weighted by Gasteiger charge is 1.73. The first-order valence-electron chi connectivity index (χ1n) is 4.12. The molecule has 0 aliphatic carbocycles. The molecule has 3 rings (SSSR count). The number of aromatic amines is 2. The van der Waals surface area contributed by atoms with E-state index < -0.39 is 0 Å². The lowest BCUT2D eigenvalue weighted by Crippen LogP contribution is -1.64. The molecule has 0 saturated heterocycles. The molecule has 1 aliphatic heterocycles. The van der Waals surface area contributed by atoms with Gasteiger partial charge in [0.05, 0.1) is 0 Å². The first-order valence-corrected chi connectivity index (χ1v) is 4.12. The first kappa shape index (κ1) is 10.7. The molecule has 1 aliphatic rings. The molecule has 0 fully saturated rings. The highest BCUT2D eigenvalue weighted by molar-refractivity contribution is 5.62. The van der Waals surface area contributed by atoms with Crippen LogP contribution in [0.25, 0.3) is 0 Å². The van der Waals surface area contributed by atoms with Crippen LogP contribution in [0.2, 0.25) is 0 Å². The van der Waals surface area contributed by atoms with Gasteiger partial charge in [-0.25, -0.2) is 4.98 Å². The third-order valence-corrected chi connectivity index (χ3v) is 1.14. The average Bonchev–Trinajstić information content (AvgIpc) is 3.09. The lowest BCUT2D eigenvalue weighted by Gasteiger charge is -1.54. The normalized spacial score (nSPS) is 11.2. The first-order chi connectivity index (χ1) is 7.50. The Balaban J connectivity index is 0.000000112. The lowest BCUT2D eigenvalue weighted by atomic mass is 10.5. The maximum Gasteiger partial charge on any atom is 0.161 e. The SMILES string of the molecule is C1=CN=CC1.c1nc[nH]n1.c1nn[nH]n1. The summed E-state index contributed by atoms with van der Waals surface area (Å²) < 4.78 is 0. The third-order valence-electron chi connectivity index (χ3n) is 1.14. The van der Waals surface area contributed by atoms with E-state index in [1.165, 1.54) is 19.0 Å². The van der Waals surface area contributed by atoms with Gasteiger partial charge in [-0.15, -0.1) is 10.2 Å². The van der Waals surface area contributed by atoms with Crippen molar-refractivity contribution >= 4 is 6.21 Å². The lowest BCUT2D eigenvalue weighted by molar-refractivity contribution is 0.881. The van der Waals surface area contributed by atoms with Gasteiger partial charge in [0.15, 0.2) is 6.33 Å². The van der Waals surface area contributed by atoms with Crippen molar-refractivity contribution in [2.75, 3.05) is 0 Å². The second-order valence-electron chi connectivity index (χ2n) is 2.16. The van der Waals surface area contributed by atoms with Gasteiger partial charge in [0, 0.05) is 18.8 Å². The summed E-state index contributed by atoms with van der Waals surface area (Å²) in [6.45, 7) is 0. The number of tetrazole rings is 1. The molecule has 0 bridgehead atoms. The molecule has 0 saturated carbocycles. The summed E-state index contributed by atoms with van der Waals surface area (Å²) >= 11 is 0. The van der Waals surface area contributed by atoms with E-state index in [4.69, 9.17) is 0 Å². The summed E-state index contributed by atoms with van der Waals surface area (Å²) in [6.07, 6.45) is 11.0. The molecule has 0 spiro atoms. The molecule has 0 radical (unpaired) electrons. The zero-order valence-corrected chi connectivity index (χ0v) is 7.85. The van der Waals surface area contributed by atoms with Gasteiger partial charge in [0.1, 0.15) is 12.7 Å². The smallest absolute Gasteiger partial charge is 0.161 e. The fourth-order valence-corrected chi connectivity index (χ4v) is 0.600. The van der Waals surface area contributed by atoms with E-state index in [-0.39, 0.29) is 0 Å². The molecule has 0 amide bonds. The van der Waals surface area contributed by atoms with E-state index in [2.05, 4.69) is 40.8 Å². The van der Waals surface area contributed by atoms with Crippen molar-refractivity contribution in [3.63, 3.8) is 0 Å². The Hall–Kier alpha value is -2.38. The predicted octanol–water partition coefficient (Wildman–Crippen LogP) is -0.0210. The molecular formula is C7H10N8. The fourth-order valence-electron chi connectivity index (χ4n) is 0.600. The number of hydrogen-bond donors (Lipinski definition) is 2. The number of nitrogens with one attached hydrogen (secondary N) is 2. The van der Waals surface area contributed by atoms with Crippen molar-refractivity contribution in [2.45, 2.75) is 6.42 Å². The molecule has 0 unspecified atom stereocenters. The Morgan fingerprint density at radius 3 is 2.33 bits per heavy atom. The van der Waals surface area contributed by atoms with Crippen LogP contribution in [-0.2, 0) is 0 Å². The average molecular weight is 206 g/mol. The van der Waals surface area contributed by atoms with Crippen molar-refractivity contribution in [1.29, 1.82) is 0 Å². The minimum atomic E-state index is 1.03. The second-order valence-corrected chi connectivity index (χ2v) is 2.16. The van der Waals surface area contributed by atoms with Crippen LogP contribution in [-0.4, -0.2) is 42.0 Å². The van der Waals surface area contributed by atoms with E-state index in [1.54, 1.807) is 6.20 Å². The molecule has 15 heavy (non-hydrogen) atoms. The number of rotatable bonds is 0. The second kappa shape index (κ2) is 8.23. The third kappa shape index (κ3) is 6.75. The van der Waals surface area contributed by atoms with E-state index in [0.717, 1.165) is 6.42 Å². The Kier molecular flexibility index (Phi) is 5.87. The number of H-pyrrole nitrogens is 2. The monoisotopic (exact) mass is 206 g/mol. The van der Waals surface area contributed by atoms with Crippen molar-refractivity contribution < 1.29 is 0 Å². The van der Waals surface area contributed by atoms with Crippen LogP contribution in [0, 0.1) is 0 Å². The van der Waals surface area contributed by atoms with Gasteiger partial charge in [-0.1, -0.05) is 11.3 Å². The Labute approximate surface area is 85.6 Å². The topological polar surface area (TPSA) is 108 Å². The van der Waals surface area contributed by atoms with Crippen molar-refractivity contribution in [1.82, 2.24) is 35.8 Å². The van der Waals surface area contributed by atoms with Crippen LogP contribution in [0.1, 0.15) is 6.42 Å². The Morgan fingerprint density at radius 1 is 1.13 bits per heavy atom. The number of allylic oxidation sites excluding steroid dienone is 1. The maximum absolute atomic E-state index is 3.78. The van der Waals surface area contributed by atoms with Gasteiger partial charge in [-0.3, -0.25) is 10.1 Å². The predicted molar refractivity (Wildman–Crippen MR) is 52.8 cm³/mol. The highest BCUT2D eigenvalue weighted by atomic mass is 15.5. The molecule has 3 heterocycles. The molecule has 8 heteroatoms. The minimum absolute atomic E-state index is 1.03. The summed E-state index contributed by atoms with van der Waals surface area (Å²) in [5, 5.41) is 18.2. The van der Waals surface area contributed by atoms with Gasteiger partial charge in [0.2, 0.25) is 0 Å². The van der Waals surface area contributed by atoms with Gasteiger partial charge < -0.3 is 0 Å². The van der Waals surface area contributed by atoms with E-state index in [0.29, 0.717) is 0 Å². The van der Waals surface area contributed by atoms with Crippen LogP contribution in [0.5, 0.6) is 0 Å². The minimum Gasteiger partial charge on any atom is -0.269 e. The summed E-state index contributed by atoms with van der Waals surface area (Å²) in [6, 6.07) is 0. The van der Waals surface area contributed by atoms with Gasteiger partial charge in [-0.2, -0.15) is 10.3 Å². The highest BCUT2D eigenvalue weighted by Crippen LogP contribution is 1.86. The summed E-state index contributed by atoms with van der Waals surface area (Å²) in [7, 11) is 0. The number of aliphatic imine (C=N–C) groups is 1. The maximum atomic E-state index is 3.78. The van der Waals surface area contributed by atoms with E-state index in [9.17, 15) is 0 Å². The van der Waals surface area contributed by atoms with Crippen molar-refractivity contribution in [3.8, 4) is 0 Å². The molecule has 2 aromatic rings. The quantitative estimate of drug-likeness (QED) is 0.629. The molecule has 0 atom stereocenters. The van der Waals surface area contributed by atoms with E-state index >= 15 is 0 Å². The molecule has 2 aromatic heterocycles. The number of hydrogen-bond acceptors (Lipinski definition) is 6. The van der Waals surface area contributed by atoms with Crippen LogP contribution in [0.3, 0.4) is 0 Å². The zero-order chi connectivity index (χ0) is 10.6. The number of aromatic nitrogens is 7. The molecule has 8 nitrogen and oxygen atoms in total. The summed E-state index contributed by atoms with van der Waals surface area (Å²) in [5.41, 5.74) is 0. The van der Waals surface area contributed by atoms with E-state index in [1.807, 2.05) is 12.3 Å². The van der Waals surface area contributed by atoms with Gasteiger partial charge in [0.25, 0.3) is 0 Å². The molecule has 2 N–H and O–H groups in total. The van der Waals surface area contributed by atoms with Crippen LogP contribution in [0.4, 0.5) is 0 Å². The van der Waals surface area contributed by atoms with Crippen LogP contribution < -0.4 is 0 Å². The summed E-state index contributed by atoms with van der Waals surface area (Å²) in [4.78, 5) is 7.33. The van der Waals surface area contributed by atoms with Gasteiger partial charge >= 0.3 is 0 Å². The molecular weight excluding hydrogens is 196 g/mol. The van der Waals surface area contributed by atoms with Crippen LogP contribution in [0.15, 0.2) is 36.3 Å². The largest absolute Gasteiger partial charge is 0.269 e. The Morgan fingerprint density at radius 2 is 2.13 bits per heavy atom. The Bertz CT molecular complexity index is 278. The number of nitrogens with zero attached hydrogens (tertiary/aromatic N) is 6. The molecule has 78 valence electrons. The van der Waals surface area contributed by atoms with Crippen molar-refractivity contribution in [2.24, 2.45) is 4.99 Å². The van der Waals surface area contributed by atoms with Gasteiger partial charge in [-0.05, 0) is 0 Å². The molecule has 0 aromatic carbocycles. The van der Waals surface area contributed by atoms with Crippen LogP contribution >= 0.6 is 0 Å².